The summed E-state index contributed by atoms with van der Waals surface area (Å²) in [6.45, 7) is 6.59. The van der Waals surface area contributed by atoms with Gasteiger partial charge in [0.2, 0.25) is 0 Å². The van der Waals surface area contributed by atoms with Crippen molar-refractivity contribution in [2.75, 3.05) is 13.2 Å². The van der Waals surface area contributed by atoms with Crippen molar-refractivity contribution in [3.05, 3.63) is 48.6 Å². The van der Waals surface area contributed by atoms with Crippen molar-refractivity contribution in [3.8, 4) is 0 Å². The molecule has 0 saturated heterocycles. The molecule has 0 aromatic rings. The third-order valence-electron chi connectivity index (χ3n) is 11.6. The SMILES string of the molecule is CCCCC/C=C\C/C=C\C/C=C\CCCCCCCCC(=O)OC[C@@H](COC(=O)CCCCCCCCCCC)OC(=O)CCCCCCC/C=C\CCCCCCCCC. The van der Waals surface area contributed by atoms with Crippen molar-refractivity contribution in [1.82, 2.24) is 0 Å². The Labute approximate surface area is 384 Å². The van der Waals surface area contributed by atoms with Gasteiger partial charge in [-0.2, -0.15) is 0 Å². The lowest BCUT2D eigenvalue weighted by Gasteiger charge is -2.18. The molecule has 6 nitrogen and oxygen atoms in total. The Balaban J connectivity index is 4.33. The molecule has 62 heavy (non-hydrogen) atoms. The Hall–Kier alpha value is -2.63. The zero-order chi connectivity index (χ0) is 45.1. The molecule has 1 atom stereocenters. The second-order valence-corrected chi connectivity index (χ2v) is 17.8. The van der Waals surface area contributed by atoms with Crippen LogP contribution in [0.3, 0.4) is 0 Å². The van der Waals surface area contributed by atoms with Gasteiger partial charge in [-0.15, -0.1) is 0 Å². The van der Waals surface area contributed by atoms with Crippen LogP contribution in [0.25, 0.3) is 0 Å². The number of rotatable bonds is 48. The Morgan fingerprint density at radius 3 is 0.952 bits per heavy atom. The van der Waals surface area contributed by atoms with Crippen molar-refractivity contribution in [2.45, 2.75) is 277 Å². The third kappa shape index (κ3) is 48.4. The number of hydrogen-bond acceptors (Lipinski definition) is 6. The molecule has 0 spiro atoms. The molecule has 0 rings (SSSR count). The fourth-order valence-corrected chi connectivity index (χ4v) is 7.50. The largest absolute Gasteiger partial charge is 0.462 e. The van der Waals surface area contributed by atoms with Gasteiger partial charge in [0.15, 0.2) is 6.10 Å². The number of carbonyl (C=O) groups excluding carboxylic acids is 3. The van der Waals surface area contributed by atoms with Gasteiger partial charge in [0.1, 0.15) is 13.2 Å². The molecule has 0 radical (unpaired) electrons. The van der Waals surface area contributed by atoms with Crippen LogP contribution < -0.4 is 0 Å². The van der Waals surface area contributed by atoms with E-state index in [4.69, 9.17) is 14.2 Å². The van der Waals surface area contributed by atoms with E-state index in [1.807, 2.05) is 0 Å². The highest BCUT2D eigenvalue weighted by molar-refractivity contribution is 5.71. The van der Waals surface area contributed by atoms with Crippen LogP contribution in [0.4, 0.5) is 0 Å². The molecule has 0 amide bonds. The molecule has 0 aliphatic heterocycles. The third-order valence-corrected chi connectivity index (χ3v) is 11.6. The van der Waals surface area contributed by atoms with E-state index in [-0.39, 0.29) is 31.1 Å². The summed E-state index contributed by atoms with van der Waals surface area (Å²) in [4.78, 5) is 37.9. The van der Waals surface area contributed by atoms with Gasteiger partial charge in [-0.1, -0.05) is 217 Å². The molecule has 0 N–H and O–H groups in total. The number of hydrogen-bond donors (Lipinski definition) is 0. The summed E-state index contributed by atoms with van der Waals surface area (Å²) in [5.74, 6) is -0.895. The summed E-state index contributed by atoms with van der Waals surface area (Å²) in [5, 5.41) is 0. The molecule has 360 valence electrons. The van der Waals surface area contributed by atoms with E-state index >= 15 is 0 Å². The molecule has 0 bridgehead atoms. The van der Waals surface area contributed by atoms with Crippen molar-refractivity contribution < 1.29 is 28.6 Å². The van der Waals surface area contributed by atoms with Gasteiger partial charge in [-0.05, 0) is 83.5 Å². The first kappa shape index (κ1) is 59.4. The highest BCUT2D eigenvalue weighted by Crippen LogP contribution is 2.15. The van der Waals surface area contributed by atoms with Crippen LogP contribution in [0.1, 0.15) is 271 Å². The van der Waals surface area contributed by atoms with E-state index in [9.17, 15) is 14.4 Å². The Bertz CT molecular complexity index is 1090. The summed E-state index contributed by atoms with van der Waals surface area (Å²) in [6, 6.07) is 0. The summed E-state index contributed by atoms with van der Waals surface area (Å²) in [6.07, 6.45) is 61.0. The highest BCUT2D eigenvalue weighted by Gasteiger charge is 2.19. The molecule has 0 fully saturated rings. The van der Waals surface area contributed by atoms with Gasteiger partial charge in [-0.3, -0.25) is 14.4 Å². The maximum atomic E-state index is 12.8. The molecule has 0 aliphatic carbocycles. The fraction of sp³-hybridized carbons (Fsp3) is 0.804. The van der Waals surface area contributed by atoms with Crippen molar-refractivity contribution in [3.63, 3.8) is 0 Å². The van der Waals surface area contributed by atoms with Crippen LogP contribution in [-0.4, -0.2) is 37.2 Å². The maximum absolute atomic E-state index is 12.8. The first-order valence-electron chi connectivity index (χ1n) is 26.6. The van der Waals surface area contributed by atoms with Crippen LogP contribution in [0.15, 0.2) is 48.6 Å². The molecule has 0 heterocycles. The quantitative estimate of drug-likeness (QED) is 0.0262. The second kappa shape index (κ2) is 51.0. The molecule has 0 aromatic carbocycles. The van der Waals surface area contributed by atoms with E-state index < -0.39 is 6.10 Å². The Kier molecular flexibility index (Phi) is 48.8. The molecule has 6 heteroatoms. The zero-order valence-electron chi connectivity index (χ0n) is 41.1. The van der Waals surface area contributed by atoms with Gasteiger partial charge in [-0.25, -0.2) is 0 Å². The molecular weight excluding hydrogens is 769 g/mol. The highest BCUT2D eigenvalue weighted by atomic mass is 16.6. The average molecular weight is 869 g/mol. The lowest BCUT2D eigenvalue weighted by atomic mass is 10.1. The van der Waals surface area contributed by atoms with Gasteiger partial charge >= 0.3 is 17.9 Å². The molecular formula is C56H100O6. The predicted octanol–water partition coefficient (Wildman–Crippen LogP) is 17.5. The number of allylic oxidation sites excluding steroid dienone is 8. The average Bonchev–Trinajstić information content (AvgIpc) is 3.27. The van der Waals surface area contributed by atoms with Crippen LogP contribution in [0, 0.1) is 0 Å². The number of unbranched alkanes of at least 4 members (excludes halogenated alkanes) is 29. The normalized spacial score (nSPS) is 12.4. The van der Waals surface area contributed by atoms with Gasteiger partial charge in [0.05, 0.1) is 0 Å². The number of carbonyl (C=O) groups is 3. The second-order valence-electron chi connectivity index (χ2n) is 17.8. The van der Waals surface area contributed by atoms with Crippen LogP contribution in [-0.2, 0) is 28.6 Å². The number of ether oxygens (including phenoxy) is 3. The first-order chi connectivity index (χ1) is 30.5. The zero-order valence-corrected chi connectivity index (χ0v) is 41.1. The monoisotopic (exact) mass is 869 g/mol. The summed E-state index contributed by atoms with van der Waals surface area (Å²) in [5.41, 5.74) is 0. The predicted molar refractivity (Wildman–Crippen MR) is 265 cm³/mol. The smallest absolute Gasteiger partial charge is 0.306 e. The van der Waals surface area contributed by atoms with E-state index in [0.29, 0.717) is 19.3 Å². The summed E-state index contributed by atoms with van der Waals surface area (Å²) >= 11 is 0. The molecule has 0 unspecified atom stereocenters. The first-order valence-corrected chi connectivity index (χ1v) is 26.6. The van der Waals surface area contributed by atoms with Gasteiger partial charge in [0.25, 0.3) is 0 Å². The van der Waals surface area contributed by atoms with Crippen molar-refractivity contribution in [2.24, 2.45) is 0 Å². The number of esters is 3. The van der Waals surface area contributed by atoms with Gasteiger partial charge < -0.3 is 14.2 Å². The van der Waals surface area contributed by atoms with Crippen LogP contribution in [0.2, 0.25) is 0 Å². The van der Waals surface area contributed by atoms with Gasteiger partial charge in [0, 0.05) is 19.3 Å². The Morgan fingerprint density at radius 2 is 0.581 bits per heavy atom. The van der Waals surface area contributed by atoms with E-state index in [1.54, 1.807) is 0 Å². The Morgan fingerprint density at radius 1 is 0.323 bits per heavy atom. The van der Waals surface area contributed by atoms with Crippen molar-refractivity contribution >= 4 is 17.9 Å². The molecule has 0 aromatic heterocycles. The minimum Gasteiger partial charge on any atom is -0.462 e. The summed E-state index contributed by atoms with van der Waals surface area (Å²) in [7, 11) is 0. The standard InChI is InChI=1S/C56H100O6/c1-4-7-10-13-16-19-21-23-25-27-28-29-31-32-34-37-40-43-46-49-55(58)61-52-53(51-60-54(57)48-45-42-39-36-18-15-12-9-6-3)62-56(59)50-47-44-41-38-35-33-30-26-24-22-20-17-14-11-8-5-2/h16,19,23,25-26,28-30,53H,4-15,17-18,20-22,24,27,31-52H2,1-3H3/b19-16-,25-23-,29-28-,30-26-/t53-/m1/s1. The van der Waals surface area contributed by atoms with Crippen LogP contribution in [0.5, 0.6) is 0 Å². The lowest BCUT2D eigenvalue weighted by Crippen LogP contribution is -2.30. The lowest BCUT2D eigenvalue weighted by molar-refractivity contribution is -0.167. The van der Waals surface area contributed by atoms with Crippen molar-refractivity contribution in [1.29, 1.82) is 0 Å². The summed E-state index contributed by atoms with van der Waals surface area (Å²) < 4.78 is 16.8. The van der Waals surface area contributed by atoms with Crippen LogP contribution >= 0.6 is 0 Å². The van der Waals surface area contributed by atoms with E-state index in [1.165, 1.54) is 141 Å². The van der Waals surface area contributed by atoms with E-state index in [2.05, 4.69) is 69.4 Å². The fourth-order valence-electron chi connectivity index (χ4n) is 7.50. The topological polar surface area (TPSA) is 78.9 Å². The molecule has 0 aliphatic rings. The minimum absolute atomic E-state index is 0.0789. The molecule has 0 saturated carbocycles. The maximum Gasteiger partial charge on any atom is 0.306 e. The van der Waals surface area contributed by atoms with E-state index in [0.717, 1.165) is 89.9 Å². The minimum atomic E-state index is -0.779.